The van der Waals surface area contributed by atoms with Crippen LogP contribution < -0.4 is 5.32 Å². The van der Waals surface area contributed by atoms with Crippen molar-refractivity contribution in [1.29, 1.82) is 0 Å². The molecule has 1 N–H and O–H groups in total. The maximum atomic E-state index is 12.8. The summed E-state index contributed by atoms with van der Waals surface area (Å²) in [5, 5.41) is 2.79. The Morgan fingerprint density at radius 1 is 1.13 bits per heavy atom. The van der Waals surface area contributed by atoms with Crippen LogP contribution in [-0.2, 0) is 23.6 Å². The standard InChI is InChI=1S/C22H40BNO6/c1-9-27-17(25)22(15-24-18(26)28-19(2,3)4)12-10-16(14-22)11-13-23-29-20(5,6)21(7,8)30-23/h16H,9-15H2,1-8H3,(H,24,26). The van der Waals surface area contributed by atoms with Crippen molar-refractivity contribution in [2.45, 2.75) is 104 Å². The van der Waals surface area contributed by atoms with Gasteiger partial charge in [-0.1, -0.05) is 6.42 Å². The molecule has 1 aliphatic carbocycles. The number of esters is 1. The number of ether oxygens (including phenoxy) is 2. The van der Waals surface area contributed by atoms with E-state index in [1.54, 1.807) is 6.92 Å². The van der Waals surface area contributed by atoms with E-state index in [4.69, 9.17) is 18.8 Å². The minimum absolute atomic E-state index is 0.229. The predicted octanol–water partition coefficient (Wildman–Crippen LogP) is 4.34. The third-order valence-electron chi connectivity index (χ3n) is 6.50. The van der Waals surface area contributed by atoms with Gasteiger partial charge in [0.2, 0.25) is 0 Å². The smallest absolute Gasteiger partial charge is 0.457 e. The van der Waals surface area contributed by atoms with Gasteiger partial charge in [-0.25, -0.2) is 4.79 Å². The van der Waals surface area contributed by atoms with Crippen molar-refractivity contribution in [2.75, 3.05) is 13.2 Å². The van der Waals surface area contributed by atoms with Crippen molar-refractivity contribution in [2.24, 2.45) is 11.3 Å². The second-order valence-corrected chi connectivity index (χ2v) is 10.7. The van der Waals surface area contributed by atoms with E-state index in [9.17, 15) is 9.59 Å². The molecule has 2 unspecified atom stereocenters. The Labute approximate surface area is 182 Å². The molecule has 0 aromatic heterocycles. The number of hydrogen-bond donors (Lipinski definition) is 1. The number of amides is 1. The molecule has 0 aromatic rings. The van der Waals surface area contributed by atoms with E-state index >= 15 is 0 Å². The highest BCUT2D eigenvalue weighted by Crippen LogP contribution is 2.46. The van der Waals surface area contributed by atoms with Gasteiger partial charge in [-0.15, -0.1) is 0 Å². The summed E-state index contributed by atoms with van der Waals surface area (Å²) in [6, 6.07) is 0. The zero-order chi connectivity index (χ0) is 22.8. The minimum Gasteiger partial charge on any atom is -0.466 e. The number of alkyl carbamates (subject to hydrolysis) is 1. The second-order valence-electron chi connectivity index (χ2n) is 10.7. The lowest BCUT2D eigenvalue weighted by atomic mass is 9.78. The van der Waals surface area contributed by atoms with Crippen LogP contribution in [0.3, 0.4) is 0 Å². The molecule has 2 fully saturated rings. The van der Waals surface area contributed by atoms with Crippen molar-refractivity contribution >= 4 is 19.2 Å². The molecule has 0 aromatic carbocycles. The first-order valence-corrected chi connectivity index (χ1v) is 11.2. The van der Waals surface area contributed by atoms with Crippen LogP contribution in [0.2, 0.25) is 6.32 Å². The molecule has 1 heterocycles. The molecule has 0 radical (unpaired) electrons. The molecule has 2 atom stereocenters. The van der Waals surface area contributed by atoms with E-state index in [1.165, 1.54) is 0 Å². The van der Waals surface area contributed by atoms with Crippen LogP contribution in [0, 0.1) is 11.3 Å². The Morgan fingerprint density at radius 3 is 2.27 bits per heavy atom. The summed E-state index contributed by atoms with van der Waals surface area (Å²) < 4.78 is 22.9. The summed E-state index contributed by atoms with van der Waals surface area (Å²) >= 11 is 0. The van der Waals surface area contributed by atoms with E-state index in [0.717, 1.165) is 19.2 Å². The van der Waals surface area contributed by atoms with Gasteiger partial charge >= 0.3 is 19.2 Å². The van der Waals surface area contributed by atoms with Gasteiger partial charge in [0.05, 0.1) is 23.2 Å². The van der Waals surface area contributed by atoms with E-state index in [2.05, 4.69) is 33.0 Å². The Hall–Kier alpha value is -1.28. The van der Waals surface area contributed by atoms with Crippen molar-refractivity contribution in [3.8, 4) is 0 Å². The molecule has 2 rings (SSSR count). The van der Waals surface area contributed by atoms with E-state index < -0.39 is 17.1 Å². The average Bonchev–Trinajstić information content (AvgIpc) is 3.09. The van der Waals surface area contributed by atoms with Crippen LogP contribution in [-0.4, -0.2) is 49.1 Å². The van der Waals surface area contributed by atoms with Crippen LogP contribution >= 0.6 is 0 Å². The zero-order valence-corrected chi connectivity index (χ0v) is 20.1. The summed E-state index contributed by atoms with van der Waals surface area (Å²) in [5.41, 5.74) is -1.95. The van der Waals surface area contributed by atoms with E-state index in [1.807, 2.05) is 20.8 Å². The third kappa shape index (κ3) is 6.13. The second kappa shape index (κ2) is 9.07. The first-order valence-electron chi connectivity index (χ1n) is 11.2. The van der Waals surface area contributed by atoms with Gasteiger partial charge < -0.3 is 24.1 Å². The number of rotatable bonds is 7. The van der Waals surface area contributed by atoms with Gasteiger partial charge in [0.1, 0.15) is 5.60 Å². The summed E-state index contributed by atoms with van der Waals surface area (Å²) in [7, 11) is -0.229. The van der Waals surface area contributed by atoms with Gasteiger partial charge in [0, 0.05) is 6.54 Å². The molecule has 172 valence electrons. The van der Waals surface area contributed by atoms with Crippen molar-refractivity contribution in [3.63, 3.8) is 0 Å². The van der Waals surface area contributed by atoms with Crippen molar-refractivity contribution in [3.05, 3.63) is 0 Å². The SMILES string of the molecule is CCOC(=O)C1(CNC(=O)OC(C)(C)C)CCC(CCB2OC(C)(C)C(C)(C)O2)C1. The lowest BCUT2D eigenvalue weighted by Crippen LogP contribution is -2.44. The summed E-state index contributed by atoms with van der Waals surface area (Å²) in [6.45, 7) is 16.0. The lowest BCUT2D eigenvalue weighted by molar-refractivity contribution is -0.155. The van der Waals surface area contributed by atoms with Crippen LogP contribution in [0.25, 0.3) is 0 Å². The molecule has 7 nitrogen and oxygen atoms in total. The van der Waals surface area contributed by atoms with Gasteiger partial charge in [-0.05, 0) is 86.9 Å². The van der Waals surface area contributed by atoms with Crippen molar-refractivity contribution in [1.82, 2.24) is 5.32 Å². The Balaban J connectivity index is 1.94. The molecular weight excluding hydrogens is 385 g/mol. The predicted molar refractivity (Wildman–Crippen MR) is 116 cm³/mol. The molecule has 0 bridgehead atoms. The lowest BCUT2D eigenvalue weighted by Gasteiger charge is -2.32. The molecule has 8 heteroatoms. The van der Waals surface area contributed by atoms with Gasteiger partial charge in [-0.2, -0.15) is 0 Å². The highest BCUT2D eigenvalue weighted by atomic mass is 16.7. The third-order valence-corrected chi connectivity index (χ3v) is 6.50. The van der Waals surface area contributed by atoms with Gasteiger partial charge in [0.15, 0.2) is 0 Å². The van der Waals surface area contributed by atoms with E-state index in [-0.39, 0.29) is 30.8 Å². The van der Waals surface area contributed by atoms with Gasteiger partial charge in [0.25, 0.3) is 0 Å². The number of carbonyl (C=O) groups excluding carboxylic acids is 2. The molecule has 1 aliphatic heterocycles. The van der Waals surface area contributed by atoms with Crippen molar-refractivity contribution < 1.29 is 28.4 Å². The summed E-state index contributed by atoms with van der Waals surface area (Å²) in [5.74, 6) is 0.119. The topological polar surface area (TPSA) is 83.1 Å². The molecule has 1 amide bonds. The first kappa shape index (κ1) is 25.0. The van der Waals surface area contributed by atoms with Crippen LogP contribution in [0.15, 0.2) is 0 Å². The van der Waals surface area contributed by atoms with Crippen LogP contribution in [0.1, 0.15) is 81.1 Å². The molecule has 0 spiro atoms. The zero-order valence-electron chi connectivity index (χ0n) is 20.1. The van der Waals surface area contributed by atoms with Crippen LogP contribution in [0.5, 0.6) is 0 Å². The fourth-order valence-electron chi connectivity index (χ4n) is 4.20. The fourth-order valence-corrected chi connectivity index (χ4v) is 4.20. The average molecular weight is 425 g/mol. The number of hydrogen-bond acceptors (Lipinski definition) is 6. The summed E-state index contributed by atoms with van der Waals surface area (Å²) in [4.78, 5) is 24.9. The minimum atomic E-state index is -0.701. The monoisotopic (exact) mass is 425 g/mol. The normalized spacial score (nSPS) is 27.7. The highest BCUT2D eigenvalue weighted by Gasteiger charge is 2.52. The maximum absolute atomic E-state index is 12.8. The number of carbonyl (C=O) groups is 2. The molecule has 2 aliphatic rings. The van der Waals surface area contributed by atoms with Gasteiger partial charge in [-0.3, -0.25) is 4.79 Å². The first-order chi connectivity index (χ1) is 13.7. The van der Waals surface area contributed by atoms with Crippen LogP contribution in [0.4, 0.5) is 4.79 Å². The Kier molecular flexibility index (Phi) is 7.56. The molecular formula is C22H40BNO6. The number of nitrogens with one attached hydrogen (secondary N) is 1. The highest BCUT2D eigenvalue weighted by molar-refractivity contribution is 6.45. The molecule has 1 saturated heterocycles. The Morgan fingerprint density at radius 2 is 1.73 bits per heavy atom. The maximum Gasteiger partial charge on any atom is 0.457 e. The summed E-state index contributed by atoms with van der Waals surface area (Å²) in [6.07, 6.45) is 3.47. The fraction of sp³-hybridized carbons (Fsp3) is 0.909. The quantitative estimate of drug-likeness (QED) is 0.483. The largest absolute Gasteiger partial charge is 0.466 e. The molecule has 30 heavy (non-hydrogen) atoms. The Bertz CT molecular complexity index is 614. The molecule has 1 saturated carbocycles. The van der Waals surface area contributed by atoms with E-state index in [0.29, 0.717) is 25.4 Å².